The molecule has 48 heavy (non-hydrogen) atoms. The molecule has 0 atom stereocenters. The number of hydrogen-bond donors (Lipinski definition) is 0. The number of benzene rings is 6. The van der Waals surface area contributed by atoms with Crippen molar-refractivity contribution in [2.24, 2.45) is 0 Å². The Morgan fingerprint density at radius 2 is 0.812 bits per heavy atom. The van der Waals surface area contributed by atoms with Gasteiger partial charge in [0.2, 0.25) is 0 Å². The van der Waals surface area contributed by atoms with Crippen molar-refractivity contribution in [3.05, 3.63) is 158 Å². The van der Waals surface area contributed by atoms with Gasteiger partial charge >= 0.3 is 0 Å². The van der Waals surface area contributed by atoms with Crippen LogP contribution < -0.4 is 0 Å². The molecule has 0 spiro atoms. The predicted molar refractivity (Wildman–Crippen MR) is 196 cm³/mol. The molecule has 10 aromatic rings. The highest BCUT2D eigenvalue weighted by atomic mass is 16.5. The normalized spacial score (nSPS) is 11.8. The Hall–Kier alpha value is -6.52. The minimum absolute atomic E-state index is 0.486. The monoisotopic (exact) mass is 614 g/mol. The molecule has 4 heterocycles. The lowest BCUT2D eigenvalue weighted by Gasteiger charge is -2.10. The largest absolute Gasteiger partial charge is 0.424 e. The molecule has 0 saturated carbocycles. The van der Waals surface area contributed by atoms with Crippen molar-refractivity contribution in [2.45, 2.75) is 0 Å². The van der Waals surface area contributed by atoms with Crippen LogP contribution in [0.3, 0.4) is 0 Å². The first-order valence-electron chi connectivity index (χ1n) is 16.1. The molecule has 0 saturated heterocycles. The molecule has 0 N–H and O–H groups in total. The van der Waals surface area contributed by atoms with Gasteiger partial charge in [0.1, 0.15) is 11.2 Å². The van der Waals surface area contributed by atoms with Crippen molar-refractivity contribution in [1.82, 2.24) is 9.97 Å². The van der Waals surface area contributed by atoms with E-state index in [4.69, 9.17) is 18.8 Å². The van der Waals surface area contributed by atoms with E-state index in [-0.39, 0.29) is 0 Å². The van der Waals surface area contributed by atoms with Crippen LogP contribution in [0, 0.1) is 0 Å². The molecule has 0 unspecified atom stereocenters. The lowest BCUT2D eigenvalue weighted by Crippen LogP contribution is -1.89. The van der Waals surface area contributed by atoms with Crippen LogP contribution in [0.15, 0.2) is 167 Å². The standard InChI is InChI=1S/C44H26N2O2/c1-3-11-27(12-4-1)31-23-33(39-21-19-29-15-7-9-17-37(29)45-39)42-35(25-31)41-36-26-32(28-13-5-2-6-14-28)24-34(43(36)48-44(41)47-42)40-22-20-30-16-8-10-18-38(30)46-40/h1-26H. The van der Waals surface area contributed by atoms with Crippen molar-refractivity contribution in [2.75, 3.05) is 0 Å². The summed E-state index contributed by atoms with van der Waals surface area (Å²) in [7, 11) is 0. The summed E-state index contributed by atoms with van der Waals surface area (Å²) in [6, 6.07) is 54.5. The number of pyridine rings is 2. The van der Waals surface area contributed by atoms with Crippen LogP contribution in [-0.2, 0) is 0 Å². The lowest BCUT2D eigenvalue weighted by atomic mass is 9.95. The maximum Gasteiger partial charge on any atom is 0.299 e. The van der Waals surface area contributed by atoms with E-state index in [2.05, 4.69) is 109 Å². The van der Waals surface area contributed by atoms with Crippen LogP contribution in [0.4, 0.5) is 0 Å². The molecular formula is C44H26N2O2. The molecule has 0 fully saturated rings. The summed E-state index contributed by atoms with van der Waals surface area (Å²) >= 11 is 0. The summed E-state index contributed by atoms with van der Waals surface area (Å²) in [5.41, 5.74) is 11.3. The Morgan fingerprint density at radius 3 is 1.29 bits per heavy atom. The first kappa shape index (κ1) is 26.7. The maximum absolute atomic E-state index is 6.71. The number of aromatic nitrogens is 2. The van der Waals surface area contributed by atoms with Crippen LogP contribution in [-0.4, -0.2) is 9.97 Å². The summed E-state index contributed by atoms with van der Waals surface area (Å²) < 4.78 is 13.4. The Kier molecular flexibility index (Phi) is 5.84. The highest BCUT2D eigenvalue weighted by Crippen LogP contribution is 2.46. The number of fused-ring (bicyclic) bond motifs is 7. The van der Waals surface area contributed by atoms with Gasteiger partial charge in [0.05, 0.1) is 27.8 Å². The van der Waals surface area contributed by atoms with Crippen LogP contribution in [0.5, 0.6) is 0 Å². The second-order valence-corrected chi connectivity index (χ2v) is 12.2. The number of para-hydroxylation sites is 2. The number of rotatable bonds is 4. The van der Waals surface area contributed by atoms with E-state index < -0.39 is 0 Å². The van der Waals surface area contributed by atoms with Crippen LogP contribution >= 0.6 is 0 Å². The zero-order chi connectivity index (χ0) is 31.6. The number of hydrogen-bond acceptors (Lipinski definition) is 4. The molecule has 0 aliphatic rings. The van der Waals surface area contributed by atoms with E-state index in [9.17, 15) is 0 Å². The quantitative estimate of drug-likeness (QED) is 0.198. The van der Waals surface area contributed by atoms with Crippen LogP contribution in [0.2, 0.25) is 0 Å². The third-order valence-corrected chi connectivity index (χ3v) is 9.27. The molecule has 10 rings (SSSR count). The molecular weight excluding hydrogens is 588 g/mol. The zero-order valence-corrected chi connectivity index (χ0v) is 25.7. The van der Waals surface area contributed by atoms with E-state index in [1.54, 1.807) is 0 Å². The molecule has 6 aromatic carbocycles. The van der Waals surface area contributed by atoms with E-state index >= 15 is 0 Å². The molecule has 0 amide bonds. The third-order valence-electron chi connectivity index (χ3n) is 9.27. The maximum atomic E-state index is 6.71. The average molecular weight is 615 g/mol. The topological polar surface area (TPSA) is 52.1 Å². The summed E-state index contributed by atoms with van der Waals surface area (Å²) in [4.78, 5) is 10.2. The number of nitrogens with zero attached hydrogens (tertiary/aromatic N) is 2. The Balaban J connectivity index is 1.30. The first-order chi connectivity index (χ1) is 23.8. The average Bonchev–Trinajstić information content (AvgIpc) is 3.71. The molecule has 0 bridgehead atoms. The SMILES string of the molecule is c1ccc(-c2cc(-c3ccc4ccccc4n3)c3oc4oc5c(-c6ccc7ccccc7n6)cc(-c6ccccc6)cc5c4c3c2)cc1. The Bertz CT molecular complexity index is 2640. The molecule has 0 aliphatic carbocycles. The summed E-state index contributed by atoms with van der Waals surface area (Å²) in [5, 5.41) is 5.10. The van der Waals surface area contributed by atoms with Crippen molar-refractivity contribution in [3.8, 4) is 44.8 Å². The van der Waals surface area contributed by atoms with E-state index in [0.29, 0.717) is 5.78 Å². The van der Waals surface area contributed by atoms with E-state index in [1.807, 2.05) is 48.5 Å². The van der Waals surface area contributed by atoms with Gasteiger partial charge in [-0.1, -0.05) is 109 Å². The fourth-order valence-electron chi connectivity index (χ4n) is 6.93. The minimum Gasteiger partial charge on any atom is -0.424 e. The van der Waals surface area contributed by atoms with Gasteiger partial charge in [0.15, 0.2) is 0 Å². The highest BCUT2D eigenvalue weighted by molar-refractivity contribution is 6.22. The van der Waals surface area contributed by atoms with Gasteiger partial charge in [0.25, 0.3) is 5.78 Å². The van der Waals surface area contributed by atoms with Crippen molar-refractivity contribution < 1.29 is 8.83 Å². The van der Waals surface area contributed by atoms with Gasteiger partial charge in [-0.05, 0) is 70.8 Å². The fraction of sp³-hybridized carbons (Fsp3) is 0. The van der Waals surface area contributed by atoms with Gasteiger partial charge in [0, 0.05) is 32.7 Å². The van der Waals surface area contributed by atoms with E-state index in [0.717, 1.165) is 93.9 Å². The summed E-state index contributed by atoms with van der Waals surface area (Å²) in [6.45, 7) is 0. The molecule has 0 radical (unpaired) electrons. The van der Waals surface area contributed by atoms with Crippen molar-refractivity contribution in [3.63, 3.8) is 0 Å². The van der Waals surface area contributed by atoms with Gasteiger partial charge in [-0.25, -0.2) is 9.97 Å². The van der Waals surface area contributed by atoms with Gasteiger partial charge in [-0.2, -0.15) is 0 Å². The van der Waals surface area contributed by atoms with Gasteiger partial charge < -0.3 is 8.83 Å². The number of furan rings is 2. The van der Waals surface area contributed by atoms with Crippen LogP contribution in [0.1, 0.15) is 0 Å². The Morgan fingerprint density at radius 1 is 0.375 bits per heavy atom. The second-order valence-electron chi connectivity index (χ2n) is 12.2. The molecule has 224 valence electrons. The van der Waals surface area contributed by atoms with E-state index in [1.165, 1.54) is 0 Å². The molecule has 0 aliphatic heterocycles. The van der Waals surface area contributed by atoms with Gasteiger partial charge in [-0.15, -0.1) is 0 Å². The van der Waals surface area contributed by atoms with Crippen molar-refractivity contribution >= 4 is 54.9 Å². The molecule has 4 aromatic heterocycles. The fourth-order valence-corrected chi connectivity index (χ4v) is 6.93. The Labute approximate surface area is 275 Å². The molecule has 4 heteroatoms. The second kappa shape index (κ2) is 10.5. The van der Waals surface area contributed by atoms with Gasteiger partial charge in [-0.3, -0.25) is 0 Å². The van der Waals surface area contributed by atoms with Crippen molar-refractivity contribution in [1.29, 1.82) is 0 Å². The third kappa shape index (κ3) is 4.24. The highest BCUT2D eigenvalue weighted by Gasteiger charge is 2.24. The first-order valence-corrected chi connectivity index (χ1v) is 16.1. The van der Waals surface area contributed by atoms with Crippen LogP contribution in [0.25, 0.3) is 99.7 Å². The zero-order valence-electron chi connectivity index (χ0n) is 25.7. The lowest BCUT2D eigenvalue weighted by molar-refractivity contribution is 0.525. The molecule has 4 nitrogen and oxygen atoms in total. The minimum atomic E-state index is 0.486. The summed E-state index contributed by atoms with van der Waals surface area (Å²) in [5.74, 6) is 0.486. The smallest absolute Gasteiger partial charge is 0.299 e. The summed E-state index contributed by atoms with van der Waals surface area (Å²) in [6.07, 6.45) is 0. The predicted octanol–water partition coefficient (Wildman–Crippen LogP) is 12.1.